The zero-order chi connectivity index (χ0) is 22.3. The molecule has 8 heteroatoms. The van der Waals surface area contributed by atoms with Crippen LogP contribution in [0, 0.1) is 12.8 Å². The number of aryl methyl sites for hydroxylation is 1. The first kappa shape index (κ1) is 28.1. The fourth-order valence-electron chi connectivity index (χ4n) is 4.18. The first-order chi connectivity index (χ1) is 15.6. The van der Waals surface area contributed by atoms with E-state index >= 15 is 0 Å². The SMILES string of the molecule is Cc1ncnc(Nc2ccc(C(=O)CCC3CCN(Cc4ccccc4)CC3)cc2)c1Cl.Cl.Cl. The van der Waals surface area contributed by atoms with Crippen LogP contribution in [0.2, 0.25) is 5.02 Å². The Labute approximate surface area is 219 Å². The van der Waals surface area contributed by atoms with Crippen LogP contribution >= 0.6 is 36.4 Å². The molecule has 1 saturated heterocycles. The van der Waals surface area contributed by atoms with Crippen LogP contribution in [-0.4, -0.2) is 33.7 Å². The van der Waals surface area contributed by atoms with E-state index in [1.807, 2.05) is 31.2 Å². The quantitative estimate of drug-likeness (QED) is 0.327. The van der Waals surface area contributed by atoms with Crippen molar-refractivity contribution >= 4 is 53.7 Å². The number of carbonyl (C=O) groups excluding carboxylic acids is 1. The Bertz CT molecular complexity index is 1040. The molecule has 0 radical (unpaired) electrons. The van der Waals surface area contributed by atoms with Crippen molar-refractivity contribution in [2.75, 3.05) is 18.4 Å². The molecule has 4 rings (SSSR count). The lowest BCUT2D eigenvalue weighted by atomic mass is 9.90. The minimum Gasteiger partial charge on any atom is -0.339 e. The molecule has 0 unspecified atom stereocenters. The summed E-state index contributed by atoms with van der Waals surface area (Å²) in [6.45, 7) is 5.08. The maximum Gasteiger partial charge on any atom is 0.162 e. The fourth-order valence-corrected chi connectivity index (χ4v) is 4.32. The number of carbonyl (C=O) groups is 1. The predicted molar refractivity (Wildman–Crippen MR) is 144 cm³/mol. The molecule has 3 aromatic rings. The molecule has 0 saturated carbocycles. The number of aromatic nitrogens is 2. The van der Waals surface area contributed by atoms with Gasteiger partial charge in [-0.2, -0.15) is 0 Å². The zero-order valence-corrected chi connectivity index (χ0v) is 21.6. The van der Waals surface area contributed by atoms with Crippen LogP contribution < -0.4 is 5.32 Å². The molecule has 1 fully saturated rings. The summed E-state index contributed by atoms with van der Waals surface area (Å²) in [7, 11) is 0. The highest BCUT2D eigenvalue weighted by molar-refractivity contribution is 6.33. The highest BCUT2D eigenvalue weighted by Gasteiger charge is 2.20. The maximum absolute atomic E-state index is 12.7. The monoisotopic (exact) mass is 520 g/mol. The van der Waals surface area contributed by atoms with Crippen LogP contribution in [0.15, 0.2) is 60.9 Å². The van der Waals surface area contributed by atoms with Crippen LogP contribution in [0.25, 0.3) is 0 Å². The lowest BCUT2D eigenvalue weighted by Gasteiger charge is -2.32. The second-order valence-corrected chi connectivity index (χ2v) is 8.87. The highest BCUT2D eigenvalue weighted by Crippen LogP contribution is 2.26. The van der Waals surface area contributed by atoms with Crippen molar-refractivity contribution in [3.63, 3.8) is 0 Å². The van der Waals surface area contributed by atoms with Gasteiger partial charge in [-0.3, -0.25) is 9.69 Å². The first-order valence-electron chi connectivity index (χ1n) is 11.2. The molecule has 1 N–H and O–H groups in total. The molecule has 2 aromatic carbocycles. The van der Waals surface area contributed by atoms with Gasteiger partial charge in [-0.05, 0) is 75.0 Å². The molecule has 0 aliphatic carbocycles. The Kier molecular flexibility index (Phi) is 11.3. The Hall–Kier alpha value is -2.18. The van der Waals surface area contributed by atoms with E-state index in [2.05, 4.69) is 50.5 Å². The smallest absolute Gasteiger partial charge is 0.162 e. The minimum absolute atomic E-state index is 0. The summed E-state index contributed by atoms with van der Waals surface area (Å²) in [5.41, 5.74) is 3.69. The number of hydrogen-bond donors (Lipinski definition) is 1. The van der Waals surface area contributed by atoms with Crippen molar-refractivity contribution in [1.29, 1.82) is 0 Å². The first-order valence-corrected chi connectivity index (χ1v) is 11.6. The number of anilines is 2. The molecule has 2 heterocycles. The molecule has 0 spiro atoms. The molecule has 1 aliphatic rings. The summed E-state index contributed by atoms with van der Waals surface area (Å²) in [5, 5.41) is 3.69. The second-order valence-electron chi connectivity index (χ2n) is 8.49. The molecule has 5 nitrogen and oxygen atoms in total. The van der Waals surface area contributed by atoms with E-state index in [1.54, 1.807) is 0 Å². The van der Waals surface area contributed by atoms with Gasteiger partial charge >= 0.3 is 0 Å². The van der Waals surface area contributed by atoms with Crippen LogP contribution in [0.3, 0.4) is 0 Å². The lowest BCUT2D eigenvalue weighted by molar-refractivity contribution is 0.0961. The number of halogens is 3. The number of hydrogen-bond acceptors (Lipinski definition) is 5. The number of piperidine rings is 1. The van der Waals surface area contributed by atoms with Crippen molar-refractivity contribution < 1.29 is 4.79 Å². The van der Waals surface area contributed by atoms with Gasteiger partial charge in [-0.15, -0.1) is 24.8 Å². The number of likely N-dealkylation sites (tertiary alicyclic amines) is 1. The van der Waals surface area contributed by atoms with E-state index in [4.69, 9.17) is 11.6 Å². The molecule has 0 amide bonds. The van der Waals surface area contributed by atoms with Gasteiger partial charge in [-0.25, -0.2) is 9.97 Å². The van der Waals surface area contributed by atoms with Gasteiger partial charge in [0.15, 0.2) is 11.6 Å². The normalized spacial score (nSPS) is 14.1. The molecule has 0 atom stereocenters. The predicted octanol–water partition coefficient (Wildman–Crippen LogP) is 6.90. The van der Waals surface area contributed by atoms with Gasteiger partial charge in [0.05, 0.1) is 5.69 Å². The third-order valence-electron chi connectivity index (χ3n) is 6.17. The number of nitrogens with zero attached hydrogens (tertiary/aromatic N) is 3. The van der Waals surface area contributed by atoms with Gasteiger partial charge in [-0.1, -0.05) is 41.9 Å². The molecule has 182 valence electrons. The Morgan fingerprint density at radius 1 is 1.03 bits per heavy atom. The van der Waals surface area contributed by atoms with Crippen LogP contribution in [0.1, 0.15) is 47.3 Å². The number of Topliss-reactive ketones (excluding diaryl/α,β-unsaturated/α-hetero) is 1. The van der Waals surface area contributed by atoms with Crippen molar-refractivity contribution in [2.24, 2.45) is 5.92 Å². The topological polar surface area (TPSA) is 58.1 Å². The van der Waals surface area contributed by atoms with Crippen LogP contribution in [0.5, 0.6) is 0 Å². The highest BCUT2D eigenvalue weighted by atomic mass is 35.5. The zero-order valence-electron chi connectivity index (χ0n) is 19.2. The Morgan fingerprint density at radius 3 is 2.38 bits per heavy atom. The van der Waals surface area contributed by atoms with E-state index in [0.29, 0.717) is 23.2 Å². The van der Waals surface area contributed by atoms with E-state index < -0.39 is 0 Å². The van der Waals surface area contributed by atoms with Gasteiger partial charge < -0.3 is 5.32 Å². The summed E-state index contributed by atoms with van der Waals surface area (Å²) < 4.78 is 0. The standard InChI is InChI=1S/C26H29ClN4O.2ClH/c1-19-25(27)26(29-18-28-19)30-23-10-8-22(9-11-23)24(32)12-7-20-13-15-31(16-14-20)17-21-5-3-2-4-6-21;;/h2-6,8-11,18,20H,7,12-17H2,1H3,(H,28,29,30);2*1H. The molecule has 34 heavy (non-hydrogen) atoms. The van der Waals surface area contributed by atoms with E-state index in [1.165, 1.54) is 24.7 Å². The van der Waals surface area contributed by atoms with E-state index in [-0.39, 0.29) is 30.6 Å². The molecular formula is C26H31Cl3N4O. The Morgan fingerprint density at radius 2 is 1.71 bits per heavy atom. The number of nitrogens with one attached hydrogen (secondary N) is 1. The van der Waals surface area contributed by atoms with Crippen molar-refractivity contribution in [1.82, 2.24) is 14.9 Å². The molecule has 1 aliphatic heterocycles. The summed E-state index contributed by atoms with van der Waals surface area (Å²) >= 11 is 6.24. The minimum atomic E-state index is 0. The third-order valence-corrected chi connectivity index (χ3v) is 6.62. The lowest BCUT2D eigenvalue weighted by Crippen LogP contribution is -2.33. The third kappa shape index (κ3) is 7.67. The summed E-state index contributed by atoms with van der Waals surface area (Å²) in [5.74, 6) is 1.41. The van der Waals surface area contributed by atoms with Gasteiger partial charge in [0.2, 0.25) is 0 Å². The average Bonchev–Trinajstić information content (AvgIpc) is 2.82. The Balaban J connectivity index is 0.00000204. The van der Waals surface area contributed by atoms with Crippen LogP contribution in [-0.2, 0) is 6.54 Å². The van der Waals surface area contributed by atoms with Crippen LogP contribution in [0.4, 0.5) is 11.5 Å². The number of rotatable bonds is 8. The van der Waals surface area contributed by atoms with Crippen molar-refractivity contribution in [3.05, 3.63) is 82.8 Å². The largest absolute Gasteiger partial charge is 0.339 e. The van der Waals surface area contributed by atoms with Gasteiger partial charge in [0.25, 0.3) is 0 Å². The maximum atomic E-state index is 12.7. The van der Waals surface area contributed by atoms with Crippen molar-refractivity contribution in [2.45, 2.75) is 39.2 Å². The molecule has 0 bridgehead atoms. The van der Waals surface area contributed by atoms with Gasteiger partial charge in [0.1, 0.15) is 11.3 Å². The van der Waals surface area contributed by atoms with E-state index in [0.717, 1.165) is 43.0 Å². The van der Waals surface area contributed by atoms with Crippen molar-refractivity contribution in [3.8, 4) is 0 Å². The summed E-state index contributed by atoms with van der Waals surface area (Å²) in [4.78, 5) is 23.5. The summed E-state index contributed by atoms with van der Waals surface area (Å²) in [6.07, 6.45) is 5.39. The average molecular weight is 522 g/mol. The van der Waals surface area contributed by atoms with E-state index in [9.17, 15) is 4.79 Å². The number of ketones is 1. The summed E-state index contributed by atoms with van der Waals surface area (Å²) in [6, 6.07) is 18.2. The second kappa shape index (κ2) is 13.6. The van der Waals surface area contributed by atoms with Gasteiger partial charge in [0, 0.05) is 24.2 Å². The number of benzene rings is 2. The molecular weight excluding hydrogens is 491 g/mol. The fraction of sp³-hybridized carbons (Fsp3) is 0.346. The molecule has 1 aromatic heterocycles.